The molecule has 1 aromatic rings. The van der Waals surface area contributed by atoms with Gasteiger partial charge in [-0.3, -0.25) is 0 Å². The molecule has 0 aliphatic carbocycles. The standard InChI is InChI=1S/C14H24N4O2S/c1-3-18-9-6-12(7-10-18)11-17-21(19,20)14-13(15-2)5-4-8-16-14/h4-5,8,12,15,17H,3,6-7,9-11H2,1-2H3. The van der Waals surface area contributed by atoms with Crippen molar-refractivity contribution in [2.24, 2.45) is 5.92 Å². The van der Waals surface area contributed by atoms with Crippen LogP contribution in [0.1, 0.15) is 19.8 Å². The predicted molar refractivity (Wildman–Crippen MR) is 83.8 cm³/mol. The third-order valence-electron chi connectivity index (χ3n) is 4.01. The maximum atomic E-state index is 12.4. The van der Waals surface area contributed by atoms with Crippen molar-refractivity contribution < 1.29 is 8.42 Å². The van der Waals surface area contributed by atoms with Crippen LogP contribution in [0.3, 0.4) is 0 Å². The SMILES string of the molecule is CCN1CCC(CNS(=O)(=O)c2ncccc2NC)CC1. The Morgan fingerprint density at radius 3 is 2.71 bits per heavy atom. The number of hydrogen-bond donors (Lipinski definition) is 2. The number of nitrogens with zero attached hydrogens (tertiary/aromatic N) is 2. The Labute approximate surface area is 127 Å². The Morgan fingerprint density at radius 1 is 1.38 bits per heavy atom. The molecule has 0 saturated carbocycles. The van der Waals surface area contributed by atoms with Gasteiger partial charge in [0, 0.05) is 19.8 Å². The highest BCUT2D eigenvalue weighted by Gasteiger charge is 2.23. The van der Waals surface area contributed by atoms with Crippen LogP contribution in [0.4, 0.5) is 5.69 Å². The van der Waals surface area contributed by atoms with Crippen LogP contribution in [-0.4, -0.2) is 51.5 Å². The Hall–Kier alpha value is -1.18. The molecule has 2 heterocycles. The largest absolute Gasteiger partial charge is 0.386 e. The number of rotatable bonds is 6. The molecule has 7 heteroatoms. The molecule has 0 atom stereocenters. The van der Waals surface area contributed by atoms with Crippen molar-refractivity contribution in [3.8, 4) is 0 Å². The molecule has 1 saturated heterocycles. The molecule has 0 spiro atoms. The minimum absolute atomic E-state index is 0.0681. The summed E-state index contributed by atoms with van der Waals surface area (Å²) in [6.07, 6.45) is 3.57. The molecule has 0 radical (unpaired) electrons. The molecule has 2 rings (SSSR count). The Balaban J connectivity index is 1.96. The van der Waals surface area contributed by atoms with Crippen LogP contribution in [0.2, 0.25) is 0 Å². The molecule has 0 aromatic carbocycles. The zero-order valence-corrected chi connectivity index (χ0v) is 13.5. The van der Waals surface area contributed by atoms with Gasteiger partial charge < -0.3 is 10.2 Å². The van der Waals surface area contributed by atoms with Crippen LogP contribution >= 0.6 is 0 Å². The molecule has 0 amide bonds. The number of likely N-dealkylation sites (tertiary alicyclic amines) is 1. The van der Waals surface area contributed by atoms with E-state index in [0.717, 1.165) is 32.5 Å². The monoisotopic (exact) mass is 312 g/mol. The van der Waals surface area contributed by atoms with Crippen LogP contribution in [0.25, 0.3) is 0 Å². The van der Waals surface area contributed by atoms with Crippen molar-refractivity contribution in [3.05, 3.63) is 18.3 Å². The van der Waals surface area contributed by atoms with Crippen molar-refractivity contribution in [2.45, 2.75) is 24.8 Å². The maximum absolute atomic E-state index is 12.4. The summed E-state index contributed by atoms with van der Waals surface area (Å²) in [5.41, 5.74) is 0.519. The van der Waals surface area contributed by atoms with Crippen molar-refractivity contribution in [2.75, 3.05) is 38.5 Å². The van der Waals surface area contributed by atoms with Crippen molar-refractivity contribution >= 4 is 15.7 Å². The van der Waals surface area contributed by atoms with Gasteiger partial charge in [-0.05, 0) is 50.5 Å². The number of hydrogen-bond acceptors (Lipinski definition) is 5. The average molecular weight is 312 g/mol. The van der Waals surface area contributed by atoms with Gasteiger partial charge in [-0.2, -0.15) is 0 Å². The number of piperidine rings is 1. The summed E-state index contributed by atoms with van der Waals surface area (Å²) in [7, 11) is -1.87. The van der Waals surface area contributed by atoms with E-state index in [1.54, 1.807) is 19.2 Å². The highest BCUT2D eigenvalue weighted by atomic mass is 32.2. The summed E-state index contributed by atoms with van der Waals surface area (Å²) in [5, 5.41) is 2.93. The highest BCUT2D eigenvalue weighted by Crippen LogP contribution is 2.19. The van der Waals surface area contributed by atoms with Gasteiger partial charge in [0.2, 0.25) is 0 Å². The molecule has 1 aliphatic rings. The van der Waals surface area contributed by atoms with Gasteiger partial charge in [-0.25, -0.2) is 18.1 Å². The van der Waals surface area contributed by atoms with E-state index < -0.39 is 10.0 Å². The highest BCUT2D eigenvalue weighted by molar-refractivity contribution is 7.89. The van der Waals surface area contributed by atoms with Gasteiger partial charge in [0.25, 0.3) is 10.0 Å². The van der Waals surface area contributed by atoms with Crippen LogP contribution < -0.4 is 10.0 Å². The van der Waals surface area contributed by atoms with E-state index in [2.05, 4.69) is 26.8 Å². The Kier molecular flexibility index (Phi) is 5.55. The lowest BCUT2D eigenvalue weighted by Crippen LogP contribution is -2.38. The maximum Gasteiger partial charge on any atom is 0.260 e. The predicted octanol–water partition coefficient (Wildman–Crippen LogP) is 1.13. The summed E-state index contributed by atoms with van der Waals surface area (Å²) >= 11 is 0. The molecule has 1 aromatic heterocycles. The summed E-state index contributed by atoms with van der Waals surface area (Å²) in [5.74, 6) is 0.407. The Morgan fingerprint density at radius 2 is 2.10 bits per heavy atom. The molecule has 118 valence electrons. The molecular weight excluding hydrogens is 288 g/mol. The van der Waals surface area contributed by atoms with Gasteiger partial charge in [-0.1, -0.05) is 6.92 Å². The van der Waals surface area contributed by atoms with Gasteiger partial charge in [0.1, 0.15) is 0 Å². The van der Waals surface area contributed by atoms with Gasteiger partial charge in [0.05, 0.1) is 5.69 Å². The van der Waals surface area contributed by atoms with Crippen LogP contribution in [-0.2, 0) is 10.0 Å². The minimum Gasteiger partial charge on any atom is -0.386 e. The minimum atomic E-state index is -3.56. The van der Waals surface area contributed by atoms with E-state index in [9.17, 15) is 8.42 Å². The molecule has 2 N–H and O–H groups in total. The lowest BCUT2D eigenvalue weighted by molar-refractivity contribution is 0.193. The van der Waals surface area contributed by atoms with Crippen molar-refractivity contribution in [1.82, 2.24) is 14.6 Å². The first kappa shape index (κ1) is 16.2. The molecule has 1 aliphatic heterocycles. The zero-order chi connectivity index (χ0) is 15.3. The van der Waals surface area contributed by atoms with E-state index in [-0.39, 0.29) is 5.03 Å². The summed E-state index contributed by atoms with van der Waals surface area (Å²) < 4.78 is 27.4. The Bertz CT molecular complexity index is 554. The second kappa shape index (κ2) is 7.20. The molecule has 1 fully saturated rings. The molecular formula is C14H24N4O2S. The van der Waals surface area contributed by atoms with Crippen molar-refractivity contribution in [1.29, 1.82) is 0 Å². The third-order valence-corrected chi connectivity index (χ3v) is 5.39. The fourth-order valence-corrected chi connectivity index (χ4v) is 3.85. The van der Waals surface area contributed by atoms with Gasteiger partial charge in [0.15, 0.2) is 5.03 Å². The first-order valence-corrected chi connectivity index (χ1v) is 8.90. The lowest BCUT2D eigenvalue weighted by Gasteiger charge is -2.30. The number of aromatic nitrogens is 1. The molecule has 21 heavy (non-hydrogen) atoms. The molecule has 6 nitrogen and oxygen atoms in total. The number of sulfonamides is 1. The second-order valence-corrected chi connectivity index (χ2v) is 7.02. The summed E-state index contributed by atoms with van der Waals surface area (Å²) in [4.78, 5) is 6.38. The van der Waals surface area contributed by atoms with Crippen LogP contribution in [0.5, 0.6) is 0 Å². The smallest absolute Gasteiger partial charge is 0.260 e. The van der Waals surface area contributed by atoms with E-state index >= 15 is 0 Å². The normalized spacial score (nSPS) is 17.8. The van der Waals surface area contributed by atoms with E-state index in [0.29, 0.717) is 18.2 Å². The third kappa shape index (κ3) is 4.15. The topological polar surface area (TPSA) is 74.3 Å². The summed E-state index contributed by atoms with van der Waals surface area (Å²) in [6.45, 7) is 5.81. The van der Waals surface area contributed by atoms with Crippen LogP contribution in [0.15, 0.2) is 23.4 Å². The van der Waals surface area contributed by atoms with E-state index in [1.807, 2.05) is 0 Å². The van der Waals surface area contributed by atoms with Crippen molar-refractivity contribution in [3.63, 3.8) is 0 Å². The fraction of sp³-hybridized carbons (Fsp3) is 0.643. The second-order valence-electron chi connectivity index (χ2n) is 5.34. The fourth-order valence-electron chi connectivity index (χ4n) is 2.60. The number of nitrogens with one attached hydrogen (secondary N) is 2. The first-order chi connectivity index (χ1) is 10.1. The quantitative estimate of drug-likeness (QED) is 0.824. The first-order valence-electron chi connectivity index (χ1n) is 7.41. The molecule has 0 bridgehead atoms. The number of anilines is 1. The molecule has 0 unspecified atom stereocenters. The van der Waals surface area contributed by atoms with Crippen LogP contribution in [0, 0.1) is 5.92 Å². The number of pyridine rings is 1. The zero-order valence-electron chi connectivity index (χ0n) is 12.7. The van der Waals surface area contributed by atoms with E-state index in [1.165, 1.54) is 6.20 Å². The van der Waals surface area contributed by atoms with Gasteiger partial charge in [-0.15, -0.1) is 0 Å². The lowest BCUT2D eigenvalue weighted by atomic mass is 9.97. The van der Waals surface area contributed by atoms with E-state index in [4.69, 9.17) is 0 Å². The summed E-state index contributed by atoms with van der Waals surface area (Å²) in [6, 6.07) is 3.42. The average Bonchev–Trinajstić information content (AvgIpc) is 2.53. The van der Waals surface area contributed by atoms with Gasteiger partial charge >= 0.3 is 0 Å².